The molecule has 4 nitrogen and oxygen atoms in total. The Morgan fingerprint density at radius 1 is 1.53 bits per heavy atom. The second-order valence-corrected chi connectivity index (χ2v) is 4.60. The van der Waals surface area contributed by atoms with Gasteiger partial charge in [0.1, 0.15) is 0 Å². The Bertz CT molecular complexity index is 229. The van der Waals surface area contributed by atoms with Gasteiger partial charge in [-0.3, -0.25) is 4.79 Å². The normalized spacial score (nSPS) is 26.7. The SMILES string of the molecule is CCNC(C)(C)C(=O)NC1CCOC1C. The molecule has 1 saturated heterocycles. The maximum atomic E-state index is 11.9. The fraction of sp³-hybridized carbons (Fsp3) is 0.909. The highest BCUT2D eigenvalue weighted by Gasteiger charge is 2.32. The number of amides is 1. The van der Waals surface area contributed by atoms with Crippen LogP contribution in [0.1, 0.15) is 34.1 Å². The topological polar surface area (TPSA) is 50.4 Å². The van der Waals surface area contributed by atoms with Gasteiger partial charge in [-0.25, -0.2) is 0 Å². The number of hydrogen-bond acceptors (Lipinski definition) is 3. The molecule has 0 aromatic rings. The van der Waals surface area contributed by atoms with Crippen molar-refractivity contribution >= 4 is 5.91 Å². The van der Waals surface area contributed by atoms with Gasteiger partial charge in [0.25, 0.3) is 0 Å². The van der Waals surface area contributed by atoms with Gasteiger partial charge in [0, 0.05) is 6.61 Å². The molecule has 88 valence electrons. The highest BCUT2D eigenvalue weighted by molar-refractivity contribution is 5.85. The number of likely N-dealkylation sites (N-methyl/N-ethyl adjacent to an activating group) is 1. The summed E-state index contributed by atoms with van der Waals surface area (Å²) in [6.07, 6.45) is 1.04. The molecule has 2 unspecified atom stereocenters. The Labute approximate surface area is 91.8 Å². The van der Waals surface area contributed by atoms with Gasteiger partial charge in [-0.1, -0.05) is 6.92 Å². The molecule has 0 spiro atoms. The summed E-state index contributed by atoms with van der Waals surface area (Å²) in [5.41, 5.74) is -0.503. The average Bonchev–Trinajstić information content (AvgIpc) is 2.52. The van der Waals surface area contributed by atoms with E-state index in [1.807, 2.05) is 27.7 Å². The van der Waals surface area contributed by atoms with Crippen LogP contribution in [0, 0.1) is 0 Å². The molecule has 0 bridgehead atoms. The minimum Gasteiger partial charge on any atom is -0.376 e. The van der Waals surface area contributed by atoms with Crippen LogP contribution in [0.3, 0.4) is 0 Å². The Hall–Kier alpha value is -0.610. The van der Waals surface area contributed by atoms with Gasteiger partial charge in [-0.2, -0.15) is 0 Å². The molecule has 1 aliphatic rings. The molecule has 1 rings (SSSR count). The quantitative estimate of drug-likeness (QED) is 0.723. The third-order valence-electron chi connectivity index (χ3n) is 2.88. The second-order valence-electron chi connectivity index (χ2n) is 4.60. The van der Waals surface area contributed by atoms with Crippen molar-refractivity contribution in [2.24, 2.45) is 0 Å². The predicted octanol–water partition coefficient (Wildman–Crippen LogP) is 0.668. The lowest BCUT2D eigenvalue weighted by atomic mass is 10.0. The van der Waals surface area contributed by atoms with E-state index in [0.29, 0.717) is 0 Å². The lowest BCUT2D eigenvalue weighted by Crippen LogP contribution is -2.55. The molecule has 1 fully saturated rings. The lowest BCUT2D eigenvalue weighted by molar-refractivity contribution is -0.127. The predicted molar refractivity (Wildman–Crippen MR) is 59.7 cm³/mol. The smallest absolute Gasteiger partial charge is 0.240 e. The summed E-state index contributed by atoms with van der Waals surface area (Å²) in [5.74, 6) is 0.0479. The maximum absolute atomic E-state index is 11.9. The number of hydrogen-bond donors (Lipinski definition) is 2. The summed E-state index contributed by atoms with van der Waals surface area (Å²) in [5, 5.41) is 6.18. The van der Waals surface area contributed by atoms with Crippen LogP contribution in [0.25, 0.3) is 0 Å². The van der Waals surface area contributed by atoms with Crippen LogP contribution in [0.4, 0.5) is 0 Å². The van der Waals surface area contributed by atoms with E-state index in [1.54, 1.807) is 0 Å². The number of nitrogens with one attached hydrogen (secondary N) is 2. The molecule has 0 aromatic heterocycles. The summed E-state index contributed by atoms with van der Waals surface area (Å²) < 4.78 is 5.40. The highest BCUT2D eigenvalue weighted by Crippen LogP contribution is 2.14. The third-order valence-corrected chi connectivity index (χ3v) is 2.88. The van der Waals surface area contributed by atoms with Crippen molar-refractivity contribution in [1.82, 2.24) is 10.6 Å². The zero-order valence-corrected chi connectivity index (χ0v) is 10.1. The van der Waals surface area contributed by atoms with Crippen molar-refractivity contribution in [2.75, 3.05) is 13.2 Å². The van der Waals surface area contributed by atoms with E-state index in [1.165, 1.54) is 0 Å². The minimum atomic E-state index is -0.503. The molecule has 0 radical (unpaired) electrons. The van der Waals surface area contributed by atoms with Crippen LogP contribution in [-0.4, -0.2) is 36.7 Å². The van der Waals surface area contributed by atoms with Crippen LogP contribution in [0.5, 0.6) is 0 Å². The molecule has 15 heavy (non-hydrogen) atoms. The van der Waals surface area contributed by atoms with Gasteiger partial charge >= 0.3 is 0 Å². The minimum absolute atomic E-state index is 0.0479. The molecular formula is C11H22N2O2. The zero-order chi connectivity index (χ0) is 11.5. The van der Waals surface area contributed by atoms with Crippen molar-refractivity contribution in [3.63, 3.8) is 0 Å². The molecule has 0 saturated carbocycles. The van der Waals surface area contributed by atoms with Gasteiger partial charge in [0.2, 0.25) is 5.91 Å². The van der Waals surface area contributed by atoms with E-state index in [9.17, 15) is 4.79 Å². The molecule has 2 atom stereocenters. The fourth-order valence-corrected chi connectivity index (χ4v) is 1.79. The Morgan fingerprint density at radius 3 is 2.67 bits per heavy atom. The summed E-state index contributed by atoms with van der Waals surface area (Å²) in [6, 6.07) is 0.162. The van der Waals surface area contributed by atoms with Crippen LogP contribution >= 0.6 is 0 Å². The van der Waals surface area contributed by atoms with E-state index >= 15 is 0 Å². The largest absolute Gasteiger partial charge is 0.376 e. The maximum Gasteiger partial charge on any atom is 0.240 e. The van der Waals surface area contributed by atoms with Crippen LogP contribution in [0.15, 0.2) is 0 Å². The van der Waals surface area contributed by atoms with E-state index in [4.69, 9.17) is 4.74 Å². The molecule has 2 N–H and O–H groups in total. The van der Waals surface area contributed by atoms with E-state index < -0.39 is 5.54 Å². The first-order valence-corrected chi connectivity index (χ1v) is 5.65. The first-order valence-electron chi connectivity index (χ1n) is 5.65. The summed E-state index contributed by atoms with van der Waals surface area (Å²) in [4.78, 5) is 11.9. The Morgan fingerprint density at radius 2 is 2.20 bits per heavy atom. The first kappa shape index (κ1) is 12.5. The van der Waals surface area contributed by atoms with Crippen LogP contribution < -0.4 is 10.6 Å². The number of carbonyl (C=O) groups excluding carboxylic acids is 1. The van der Waals surface area contributed by atoms with Gasteiger partial charge in [-0.05, 0) is 33.7 Å². The Balaban J connectivity index is 2.47. The van der Waals surface area contributed by atoms with Crippen molar-refractivity contribution in [1.29, 1.82) is 0 Å². The second kappa shape index (κ2) is 4.94. The first-order chi connectivity index (χ1) is 6.97. The summed E-state index contributed by atoms with van der Waals surface area (Å²) in [7, 11) is 0. The Kier molecular flexibility index (Phi) is 4.11. The third kappa shape index (κ3) is 3.18. The average molecular weight is 214 g/mol. The lowest BCUT2D eigenvalue weighted by Gasteiger charge is -2.27. The van der Waals surface area contributed by atoms with Crippen molar-refractivity contribution in [2.45, 2.75) is 51.8 Å². The zero-order valence-electron chi connectivity index (χ0n) is 10.1. The van der Waals surface area contributed by atoms with Crippen molar-refractivity contribution in [3.8, 4) is 0 Å². The summed E-state index contributed by atoms with van der Waals surface area (Å²) >= 11 is 0. The number of rotatable bonds is 4. The highest BCUT2D eigenvalue weighted by atomic mass is 16.5. The standard InChI is InChI=1S/C11H22N2O2/c1-5-12-11(3,4)10(14)13-9-6-7-15-8(9)2/h8-9,12H,5-7H2,1-4H3,(H,13,14). The number of carbonyl (C=O) groups is 1. The van der Waals surface area contributed by atoms with Crippen molar-refractivity contribution in [3.05, 3.63) is 0 Å². The summed E-state index contributed by atoms with van der Waals surface area (Å²) in [6.45, 7) is 9.32. The van der Waals surface area contributed by atoms with E-state index in [0.717, 1.165) is 19.6 Å². The molecule has 4 heteroatoms. The molecular weight excluding hydrogens is 192 g/mol. The van der Waals surface area contributed by atoms with Crippen LogP contribution in [0.2, 0.25) is 0 Å². The molecule has 1 heterocycles. The van der Waals surface area contributed by atoms with Crippen molar-refractivity contribution < 1.29 is 9.53 Å². The van der Waals surface area contributed by atoms with Gasteiger partial charge < -0.3 is 15.4 Å². The molecule has 0 aromatic carbocycles. The van der Waals surface area contributed by atoms with Gasteiger partial charge in [0.15, 0.2) is 0 Å². The number of ether oxygens (including phenoxy) is 1. The van der Waals surface area contributed by atoms with E-state index in [2.05, 4.69) is 10.6 Å². The monoisotopic (exact) mass is 214 g/mol. The molecule has 1 amide bonds. The molecule has 0 aliphatic carbocycles. The van der Waals surface area contributed by atoms with Gasteiger partial charge in [-0.15, -0.1) is 0 Å². The fourth-order valence-electron chi connectivity index (χ4n) is 1.79. The van der Waals surface area contributed by atoms with Gasteiger partial charge in [0.05, 0.1) is 17.7 Å². The molecule has 1 aliphatic heterocycles. The van der Waals surface area contributed by atoms with E-state index in [-0.39, 0.29) is 18.1 Å². The van der Waals surface area contributed by atoms with Crippen LogP contribution in [-0.2, 0) is 9.53 Å².